The van der Waals surface area contributed by atoms with Crippen molar-refractivity contribution < 1.29 is 43.4 Å². The number of hydrogen-bond donors (Lipinski definition) is 4. The van der Waals surface area contributed by atoms with Crippen molar-refractivity contribution in [2.45, 2.75) is 89.8 Å². The molecule has 3 atom stereocenters. The van der Waals surface area contributed by atoms with Crippen molar-refractivity contribution in [1.82, 2.24) is 0 Å². The highest BCUT2D eigenvalue weighted by Crippen LogP contribution is 2.43. The third-order valence-corrected chi connectivity index (χ3v) is 5.19. The van der Waals surface area contributed by atoms with Crippen LogP contribution in [0.2, 0.25) is 0 Å². The molecular formula is C19H39O9P. The molecule has 10 heteroatoms. The number of phosphoric acid groups is 1. The van der Waals surface area contributed by atoms with Gasteiger partial charge in [-0.25, -0.2) is 4.57 Å². The summed E-state index contributed by atoms with van der Waals surface area (Å²) < 4.78 is 25.4. The molecule has 0 saturated heterocycles. The number of esters is 1. The van der Waals surface area contributed by atoms with Crippen LogP contribution >= 0.6 is 7.82 Å². The summed E-state index contributed by atoms with van der Waals surface area (Å²) >= 11 is 0. The van der Waals surface area contributed by atoms with E-state index < -0.39 is 45.8 Å². The first-order chi connectivity index (χ1) is 13.8. The average Bonchev–Trinajstić information content (AvgIpc) is 2.70. The number of carbonyl (C=O) groups is 1. The summed E-state index contributed by atoms with van der Waals surface area (Å²) in [5.74, 6) is -0.432. The smallest absolute Gasteiger partial charge is 0.463 e. The molecule has 174 valence electrons. The Morgan fingerprint density at radius 1 is 0.828 bits per heavy atom. The second kappa shape index (κ2) is 18.2. The van der Waals surface area contributed by atoms with Crippen molar-refractivity contribution >= 4 is 13.8 Å². The molecule has 0 heterocycles. The number of ether oxygens (including phenoxy) is 1. The second-order valence-corrected chi connectivity index (χ2v) is 8.62. The van der Waals surface area contributed by atoms with Gasteiger partial charge >= 0.3 is 13.8 Å². The van der Waals surface area contributed by atoms with E-state index in [4.69, 9.17) is 14.9 Å². The van der Waals surface area contributed by atoms with Gasteiger partial charge in [-0.15, -0.1) is 0 Å². The molecular weight excluding hydrogens is 403 g/mol. The highest BCUT2D eigenvalue weighted by molar-refractivity contribution is 7.47. The van der Waals surface area contributed by atoms with Gasteiger partial charge in [-0.3, -0.25) is 13.8 Å². The lowest BCUT2D eigenvalue weighted by Gasteiger charge is -2.16. The van der Waals surface area contributed by atoms with Crippen molar-refractivity contribution in [3.05, 3.63) is 0 Å². The van der Waals surface area contributed by atoms with E-state index in [1.54, 1.807) is 0 Å². The fourth-order valence-electron chi connectivity index (χ4n) is 2.52. The van der Waals surface area contributed by atoms with Crippen LogP contribution in [0.3, 0.4) is 0 Å². The van der Waals surface area contributed by atoms with Crippen LogP contribution in [0.5, 0.6) is 0 Å². The van der Waals surface area contributed by atoms with Crippen LogP contribution in [0.4, 0.5) is 0 Å². The molecule has 0 bridgehead atoms. The van der Waals surface area contributed by atoms with Gasteiger partial charge in [0.15, 0.2) is 0 Å². The summed E-state index contributed by atoms with van der Waals surface area (Å²) in [5, 5.41) is 27.3. The largest absolute Gasteiger partial charge is 0.472 e. The maximum Gasteiger partial charge on any atom is 0.472 e. The fraction of sp³-hybridized carbons (Fsp3) is 0.947. The lowest BCUT2D eigenvalue weighted by molar-refractivity contribution is -0.147. The van der Waals surface area contributed by atoms with Crippen LogP contribution in [0.1, 0.15) is 77.6 Å². The highest BCUT2D eigenvalue weighted by atomic mass is 31.2. The number of aliphatic hydroxyl groups excluding tert-OH is 3. The average molecular weight is 442 g/mol. The molecule has 0 aromatic rings. The number of rotatable bonds is 20. The van der Waals surface area contributed by atoms with E-state index in [1.807, 2.05) is 0 Å². The Bertz CT molecular complexity index is 447. The molecule has 0 radical (unpaired) electrons. The Kier molecular flexibility index (Phi) is 17.9. The molecule has 0 spiro atoms. The van der Waals surface area contributed by atoms with Gasteiger partial charge in [-0.1, -0.05) is 64.7 Å². The van der Waals surface area contributed by atoms with Gasteiger partial charge in [0.25, 0.3) is 0 Å². The predicted octanol–water partition coefficient (Wildman–Crippen LogP) is 2.69. The van der Waals surface area contributed by atoms with Crippen molar-refractivity contribution in [2.75, 3.05) is 26.4 Å². The molecule has 4 N–H and O–H groups in total. The monoisotopic (exact) mass is 442 g/mol. The number of carbonyl (C=O) groups excluding carboxylic acids is 1. The van der Waals surface area contributed by atoms with Gasteiger partial charge in [0.2, 0.25) is 0 Å². The molecule has 0 amide bonds. The number of hydrogen-bond acceptors (Lipinski definition) is 8. The van der Waals surface area contributed by atoms with E-state index >= 15 is 0 Å². The van der Waals surface area contributed by atoms with Crippen LogP contribution < -0.4 is 0 Å². The van der Waals surface area contributed by atoms with Crippen LogP contribution in [0.25, 0.3) is 0 Å². The first-order valence-corrected chi connectivity index (χ1v) is 12.0. The van der Waals surface area contributed by atoms with Crippen LogP contribution in [-0.2, 0) is 23.1 Å². The zero-order valence-corrected chi connectivity index (χ0v) is 18.4. The first kappa shape index (κ1) is 28.5. The van der Waals surface area contributed by atoms with E-state index in [1.165, 1.54) is 44.9 Å². The minimum absolute atomic E-state index is 0.269. The standard InChI is InChI=1S/C19H39O9P/c1-2-3-4-5-6-7-8-9-10-11-12-19(23)26-14-18(22)16-28-29(24,25)27-15-17(21)13-20/h17-18,20-22H,2-16H2,1H3,(H,24,25)/t17?,18-/m1/s1. The van der Waals surface area contributed by atoms with Gasteiger partial charge in [0.1, 0.15) is 18.8 Å². The van der Waals surface area contributed by atoms with E-state index in [-0.39, 0.29) is 13.0 Å². The lowest BCUT2D eigenvalue weighted by Crippen LogP contribution is -2.24. The maximum atomic E-state index is 11.6. The minimum atomic E-state index is -4.47. The van der Waals surface area contributed by atoms with Crippen molar-refractivity contribution in [2.24, 2.45) is 0 Å². The van der Waals surface area contributed by atoms with Crippen LogP contribution in [0, 0.1) is 0 Å². The number of unbranched alkanes of at least 4 members (excludes halogenated alkanes) is 9. The van der Waals surface area contributed by atoms with Gasteiger partial charge in [0.05, 0.1) is 19.8 Å². The van der Waals surface area contributed by atoms with Gasteiger partial charge < -0.3 is 24.9 Å². The minimum Gasteiger partial charge on any atom is -0.463 e. The van der Waals surface area contributed by atoms with Crippen molar-refractivity contribution in [3.8, 4) is 0 Å². The molecule has 0 rings (SSSR count). The van der Waals surface area contributed by atoms with E-state index in [0.717, 1.165) is 19.3 Å². The highest BCUT2D eigenvalue weighted by Gasteiger charge is 2.24. The van der Waals surface area contributed by atoms with Crippen LogP contribution in [-0.4, -0.2) is 64.8 Å². The van der Waals surface area contributed by atoms with Crippen LogP contribution in [0.15, 0.2) is 0 Å². The Balaban J connectivity index is 3.62. The SMILES string of the molecule is CCCCCCCCCCCCC(=O)OC[C@@H](O)COP(=O)(O)OCC(O)CO. The molecule has 0 aliphatic carbocycles. The molecule has 0 aromatic heterocycles. The molecule has 2 unspecified atom stereocenters. The fourth-order valence-corrected chi connectivity index (χ4v) is 3.31. The topological polar surface area (TPSA) is 143 Å². The molecule has 29 heavy (non-hydrogen) atoms. The first-order valence-electron chi connectivity index (χ1n) is 10.5. The van der Waals surface area contributed by atoms with E-state index in [2.05, 4.69) is 16.0 Å². The summed E-state index contributed by atoms with van der Waals surface area (Å²) in [5.41, 5.74) is 0. The zero-order valence-electron chi connectivity index (χ0n) is 17.5. The molecule has 0 saturated carbocycles. The van der Waals surface area contributed by atoms with Gasteiger partial charge in [-0.05, 0) is 6.42 Å². The Hall–Kier alpha value is -0.540. The van der Waals surface area contributed by atoms with Gasteiger partial charge in [0, 0.05) is 6.42 Å². The second-order valence-electron chi connectivity index (χ2n) is 7.17. The summed E-state index contributed by atoms with van der Waals surface area (Å²) in [6, 6.07) is 0. The number of aliphatic hydroxyl groups is 3. The summed E-state index contributed by atoms with van der Waals surface area (Å²) in [4.78, 5) is 21.0. The van der Waals surface area contributed by atoms with E-state index in [9.17, 15) is 19.4 Å². The third kappa shape index (κ3) is 19.2. The Morgan fingerprint density at radius 2 is 1.31 bits per heavy atom. The van der Waals surface area contributed by atoms with E-state index in [0.29, 0.717) is 0 Å². The van der Waals surface area contributed by atoms with Crippen molar-refractivity contribution in [3.63, 3.8) is 0 Å². The molecule has 0 aliphatic rings. The summed E-state index contributed by atoms with van der Waals surface area (Å²) in [6.45, 7) is 0.0628. The summed E-state index contributed by atoms with van der Waals surface area (Å²) in [7, 11) is -4.47. The molecule has 0 aromatic carbocycles. The third-order valence-electron chi connectivity index (χ3n) is 4.24. The number of phosphoric ester groups is 1. The Morgan fingerprint density at radius 3 is 1.83 bits per heavy atom. The molecule has 9 nitrogen and oxygen atoms in total. The van der Waals surface area contributed by atoms with Gasteiger partial charge in [-0.2, -0.15) is 0 Å². The summed E-state index contributed by atoms with van der Waals surface area (Å²) in [6.07, 6.45) is 9.33. The Labute approximate surface area is 174 Å². The normalized spacial score (nSPS) is 15.6. The lowest BCUT2D eigenvalue weighted by atomic mass is 10.1. The zero-order chi connectivity index (χ0) is 22.0. The predicted molar refractivity (Wildman–Crippen MR) is 108 cm³/mol. The van der Waals surface area contributed by atoms with Crippen molar-refractivity contribution in [1.29, 1.82) is 0 Å². The quantitative estimate of drug-likeness (QED) is 0.127. The maximum absolute atomic E-state index is 11.6. The molecule has 0 aliphatic heterocycles. The molecule has 0 fully saturated rings.